The number of amides is 6. The first kappa shape index (κ1) is 48.3. The molecule has 8 rings (SSSR count). The summed E-state index contributed by atoms with van der Waals surface area (Å²) in [4.78, 5) is 73.2. The molecular weight excluding hydrogens is 925 g/mol. The second-order valence-corrected chi connectivity index (χ2v) is 17.5. The van der Waals surface area contributed by atoms with Gasteiger partial charge in [-0.1, -0.05) is 36.4 Å². The molecule has 0 fully saturated rings. The predicted octanol–water partition coefficient (Wildman–Crippen LogP) is 5.88. The Hall–Kier alpha value is -8.17. The quantitative estimate of drug-likeness (QED) is 0.116. The number of nitriles is 2. The van der Waals surface area contributed by atoms with Gasteiger partial charge < -0.3 is 34.8 Å². The van der Waals surface area contributed by atoms with Crippen LogP contribution >= 0.6 is 0 Å². The topological polar surface area (TPSA) is 193 Å². The number of urea groups is 2. The standard InChI is InChI=1S/C49H41F6N9O6/c1-64(28-39(65)66,20-4-18-60-26-37-40(44(60)67)42(31-14-10-29(24-56)11-15-31)58-46(69)62(37)35-8-2-6-33(22-35)48(50,51)52)21-5-19-61-27-38-41(45(61)68)43(32-16-12-30(25-57)13-17-32)59-47(70)63(38)36-9-3-7-34(23-36)49(53,54)55/h2-3,6-17,22-23,42-43H,4-5,18-21,26-28H2,1H3,(H2-,58,59,65,66,69,70). The van der Waals surface area contributed by atoms with Gasteiger partial charge >= 0.3 is 24.4 Å². The van der Waals surface area contributed by atoms with Gasteiger partial charge in [0.25, 0.3) is 11.8 Å². The van der Waals surface area contributed by atoms with Gasteiger partial charge in [-0.3, -0.25) is 19.4 Å². The molecule has 2 N–H and O–H groups in total. The molecule has 0 radical (unpaired) electrons. The number of alkyl halides is 6. The van der Waals surface area contributed by atoms with Crippen molar-refractivity contribution in [3.63, 3.8) is 0 Å². The first-order chi connectivity index (χ1) is 33.2. The highest BCUT2D eigenvalue weighted by Gasteiger charge is 2.47. The number of carboxylic acids is 1. The first-order valence-electron chi connectivity index (χ1n) is 21.8. The van der Waals surface area contributed by atoms with Crippen LogP contribution < -0.4 is 25.5 Å². The van der Waals surface area contributed by atoms with Crippen LogP contribution in [0.4, 0.5) is 47.3 Å². The van der Waals surface area contributed by atoms with Gasteiger partial charge in [-0.2, -0.15) is 36.9 Å². The summed E-state index contributed by atoms with van der Waals surface area (Å²) in [5, 5.41) is 36.3. The predicted molar refractivity (Wildman–Crippen MR) is 235 cm³/mol. The molecular formula is C49H41F6N9O6. The minimum absolute atomic E-state index is 0.0296. The van der Waals surface area contributed by atoms with Crippen molar-refractivity contribution in [3.8, 4) is 12.1 Å². The van der Waals surface area contributed by atoms with E-state index in [-0.39, 0.29) is 90.5 Å². The van der Waals surface area contributed by atoms with Gasteiger partial charge in [-0.15, -0.1) is 0 Å². The maximum Gasteiger partial charge on any atom is 0.416 e. The van der Waals surface area contributed by atoms with E-state index in [9.17, 15) is 65.9 Å². The molecule has 0 bridgehead atoms. The van der Waals surface area contributed by atoms with Crippen LogP contribution in [0.5, 0.6) is 0 Å². The fourth-order valence-electron chi connectivity index (χ4n) is 9.41. The third-order valence-corrected chi connectivity index (χ3v) is 12.8. The normalized spacial score (nSPS) is 19.1. The van der Waals surface area contributed by atoms with Crippen LogP contribution in [0.3, 0.4) is 0 Å². The third kappa shape index (κ3) is 9.60. The van der Waals surface area contributed by atoms with Crippen LogP contribution in [0.25, 0.3) is 0 Å². The summed E-state index contributed by atoms with van der Waals surface area (Å²) in [7, 11) is 1.65. The average molecular weight is 966 g/mol. The Bertz CT molecular complexity index is 2750. The number of carboxylic acid groups (broad SMARTS) is 1. The summed E-state index contributed by atoms with van der Waals surface area (Å²) in [6.45, 7) is -0.466. The highest BCUT2D eigenvalue weighted by atomic mass is 19.4. The lowest BCUT2D eigenvalue weighted by molar-refractivity contribution is -0.904. The number of benzene rings is 4. The summed E-state index contributed by atoms with van der Waals surface area (Å²) in [6, 6.07) is 20.9. The van der Waals surface area contributed by atoms with Gasteiger partial charge in [-0.25, -0.2) is 9.59 Å². The van der Waals surface area contributed by atoms with Crippen molar-refractivity contribution >= 4 is 41.2 Å². The van der Waals surface area contributed by atoms with E-state index in [1.54, 1.807) is 31.3 Å². The monoisotopic (exact) mass is 965 g/mol. The average Bonchev–Trinajstić information content (AvgIpc) is 3.82. The van der Waals surface area contributed by atoms with E-state index in [4.69, 9.17) is 0 Å². The number of hydrogen-bond donors (Lipinski definition) is 2. The molecule has 21 heteroatoms. The highest BCUT2D eigenvalue weighted by Crippen LogP contribution is 2.42. The van der Waals surface area contributed by atoms with Crippen LogP contribution in [-0.4, -0.2) is 97.0 Å². The van der Waals surface area contributed by atoms with Crippen molar-refractivity contribution in [3.05, 3.63) is 153 Å². The van der Waals surface area contributed by atoms with E-state index in [1.165, 1.54) is 46.2 Å². The Morgan fingerprint density at radius 3 is 1.39 bits per heavy atom. The van der Waals surface area contributed by atoms with Gasteiger partial charge in [-0.05, 0) is 71.8 Å². The lowest BCUT2D eigenvalue weighted by Crippen LogP contribution is -2.53. The van der Waals surface area contributed by atoms with Crippen molar-refractivity contribution in [2.75, 3.05) is 62.7 Å². The number of aliphatic carboxylic acids is 1. The second-order valence-electron chi connectivity index (χ2n) is 17.5. The molecule has 4 aromatic carbocycles. The Kier molecular flexibility index (Phi) is 12.9. The molecule has 4 aliphatic heterocycles. The zero-order chi connectivity index (χ0) is 50.3. The van der Waals surface area contributed by atoms with E-state index in [1.807, 2.05) is 12.1 Å². The molecule has 0 saturated carbocycles. The Morgan fingerprint density at radius 2 is 1.04 bits per heavy atom. The molecule has 4 aromatic rings. The largest absolute Gasteiger partial charge is 0.544 e. The molecule has 2 unspecified atom stereocenters. The van der Waals surface area contributed by atoms with Crippen molar-refractivity contribution in [2.45, 2.75) is 37.3 Å². The molecule has 70 heavy (non-hydrogen) atoms. The van der Waals surface area contributed by atoms with E-state index < -0.39 is 72.0 Å². The number of halogens is 6. The number of carbonyl (C=O) groups is 5. The van der Waals surface area contributed by atoms with Crippen molar-refractivity contribution < 1.29 is 59.9 Å². The molecule has 0 saturated heterocycles. The molecule has 2 atom stereocenters. The number of quaternary nitrogens is 1. The van der Waals surface area contributed by atoms with Crippen LogP contribution in [0.15, 0.2) is 120 Å². The second kappa shape index (κ2) is 18.7. The maximum atomic E-state index is 14.3. The Labute approximate surface area is 396 Å². The summed E-state index contributed by atoms with van der Waals surface area (Å²) in [5.74, 6) is -2.43. The van der Waals surface area contributed by atoms with Crippen molar-refractivity contribution in [1.29, 1.82) is 10.5 Å². The molecule has 15 nitrogen and oxygen atoms in total. The SMILES string of the molecule is C[N+](CCCN1CC2=C(C1=O)C(c1ccc(C#N)cc1)NC(=O)N2c1cccc(C(F)(F)F)c1)(CCCN1CC2=C(C1=O)C(c1ccc(C#N)cc1)NC(=O)N2c1cccc(C(F)(F)F)c1)CC(=O)[O-]. The van der Waals surface area contributed by atoms with E-state index in [0.29, 0.717) is 22.3 Å². The number of nitrogens with zero attached hydrogens (tertiary/aromatic N) is 7. The number of hydrogen-bond acceptors (Lipinski definition) is 8. The van der Waals surface area contributed by atoms with Gasteiger partial charge in [0.05, 0.1) is 120 Å². The summed E-state index contributed by atoms with van der Waals surface area (Å²) in [5.41, 5.74) is -0.275. The van der Waals surface area contributed by atoms with Crippen LogP contribution in [0.1, 0.15) is 58.3 Å². The Morgan fingerprint density at radius 1 is 0.657 bits per heavy atom. The molecule has 0 aliphatic carbocycles. The van der Waals surface area contributed by atoms with Gasteiger partial charge in [0, 0.05) is 25.9 Å². The van der Waals surface area contributed by atoms with E-state index in [2.05, 4.69) is 10.6 Å². The lowest BCUT2D eigenvalue weighted by Gasteiger charge is -2.36. The fraction of sp³-hybridized carbons (Fsp3) is 0.286. The van der Waals surface area contributed by atoms with Crippen LogP contribution in [0.2, 0.25) is 0 Å². The highest BCUT2D eigenvalue weighted by molar-refractivity contribution is 6.08. The molecule has 4 heterocycles. The number of nitrogens with one attached hydrogen (secondary N) is 2. The van der Waals surface area contributed by atoms with Gasteiger partial charge in [0.15, 0.2) is 0 Å². The van der Waals surface area contributed by atoms with Gasteiger partial charge in [0.2, 0.25) is 0 Å². The minimum atomic E-state index is -4.73. The van der Waals surface area contributed by atoms with Gasteiger partial charge in [0.1, 0.15) is 6.54 Å². The fourth-order valence-corrected chi connectivity index (χ4v) is 9.41. The molecule has 4 aliphatic rings. The molecule has 6 amide bonds. The zero-order valence-corrected chi connectivity index (χ0v) is 37.1. The lowest BCUT2D eigenvalue weighted by atomic mass is 9.94. The first-order valence-corrected chi connectivity index (χ1v) is 21.8. The van der Waals surface area contributed by atoms with E-state index >= 15 is 0 Å². The maximum absolute atomic E-state index is 14.3. The van der Waals surface area contributed by atoms with Crippen molar-refractivity contribution in [2.24, 2.45) is 0 Å². The summed E-state index contributed by atoms with van der Waals surface area (Å²) >= 11 is 0. The smallest absolute Gasteiger partial charge is 0.416 e. The Balaban J connectivity index is 0.989. The molecule has 0 spiro atoms. The summed E-state index contributed by atoms with van der Waals surface area (Å²) in [6.07, 6.45) is -9.06. The molecule has 0 aromatic heterocycles. The summed E-state index contributed by atoms with van der Waals surface area (Å²) < 4.78 is 82.7. The third-order valence-electron chi connectivity index (χ3n) is 12.8. The number of anilines is 2. The molecule has 360 valence electrons. The number of likely N-dealkylation sites (N-methyl/N-ethyl adjacent to an activating group) is 1. The number of carbonyl (C=O) groups excluding carboxylic acids is 5. The van der Waals surface area contributed by atoms with Crippen LogP contribution in [0, 0.1) is 22.7 Å². The zero-order valence-electron chi connectivity index (χ0n) is 37.1. The minimum Gasteiger partial charge on any atom is -0.544 e. The van der Waals surface area contributed by atoms with Crippen LogP contribution in [-0.2, 0) is 26.7 Å². The van der Waals surface area contributed by atoms with E-state index in [0.717, 1.165) is 46.2 Å². The number of rotatable bonds is 14. The van der Waals surface area contributed by atoms with Crippen molar-refractivity contribution in [1.82, 2.24) is 20.4 Å².